The number of nitrogens with zero attached hydrogens (tertiary/aromatic N) is 2. The van der Waals surface area contributed by atoms with Crippen molar-refractivity contribution < 1.29 is 28.9 Å². The Bertz CT molecular complexity index is 1500. The number of aryl methyl sites for hydroxylation is 2. The highest BCUT2D eigenvalue weighted by atomic mass is 19.1. The second kappa shape index (κ2) is 13.1. The number of carbonyl (C=O) groups excluding carboxylic acids is 2. The van der Waals surface area contributed by atoms with Gasteiger partial charge in [-0.05, 0) is 55.4 Å². The summed E-state index contributed by atoms with van der Waals surface area (Å²) in [5.41, 5.74) is 10.6. The van der Waals surface area contributed by atoms with Crippen molar-refractivity contribution in [3.05, 3.63) is 61.7 Å². The van der Waals surface area contributed by atoms with Crippen LogP contribution in [0.4, 0.5) is 4.39 Å². The molecule has 1 aliphatic carbocycles. The number of esters is 1. The molecule has 10 heteroatoms. The topological polar surface area (TPSA) is 145 Å². The zero-order chi connectivity index (χ0) is 29.7. The van der Waals surface area contributed by atoms with Gasteiger partial charge < -0.3 is 25.3 Å². The average Bonchev–Trinajstić information content (AvgIpc) is 3.34. The standard InChI is InChI=1S/C22H17FN2O4.C4H9NO2.2C2H6/c1-9-10-3-2-4-11-13-7-25-17(19(13)24-16(18(10)11)6-15(9)23)5-12-14(21(25)27)8-29-22(28)20(12)26;5-4(7)2-1-3-6;2*1-2/h5-6,20,26H,2-4,7-8H2,1H3;6H,1-3H2,(H2,5,7);2*1-2H3. The van der Waals surface area contributed by atoms with E-state index in [1.54, 1.807) is 17.6 Å². The number of primary amides is 1. The van der Waals surface area contributed by atoms with E-state index in [9.17, 15) is 23.9 Å². The number of halogens is 1. The Labute approximate surface area is 232 Å². The monoisotopic (exact) mass is 555 g/mol. The molecule has 2 aromatic heterocycles. The van der Waals surface area contributed by atoms with Gasteiger partial charge in [-0.3, -0.25) is 9.59 Å². The van der Waals surface area contributed by atoms with Gasteiger partial charge in [0.15, 0.2) is 6.10 Å². The number of aliphatic hydroxyl groups is 2. The van der Waals surface area contributed by atoms with E-state index in [4.69, 9.17) is 20.6 Å². The van der Waals surface area contributed by atoms with Crippen molar-refractivity contribution in [1.29, 1.82) is 0 Å². The van der Waals surface area contributed by atoms with Crippen LogP contribution in [0.1, 0.15) is 86.4 Å². The van der Waals surface area contributed by atoms with E-state index in [1.165, 1.54) is 6.07 Å². The molecule has 40 heavy (non-hydrogen) atoms. The fourth-order valence-electron chi connectivity index (χ4n) is 5.32. The maximum Gasteiger partial charge on any atom is 0.340 e. The number of rotatable bonds is 3. The summed E-state index contributed by atoms with van der Waals surface area (Å²) in [6, 6.07) is 3.13. The number of carbonyl (C=O) groups is 2. The Hall–Kier alpha value is -3.63. The zero-order valence-electron chi connectivity index (χ0n) is 23.8. The summed E-state index contributed by atoms with van der Waals surface area (Å²) >= 11 is 0. The van der Waals surface area contributed by atoms with Gasteiger partial charge in [-0.25, -0.2) is 14.2 Å². The number of aromatic nitrogens is 2. The Morgan fingerprint density at radius 1 is 1.12 bits per heavy atom. The predicted molar refractivity (Wildman–Crippen MR) is 150 cm³/mol. The molecule has 1 aromatic carbocycles. The third-order valence-electron chi connectivity index (χ3n) is 7.12. The first-order chi connectivity index (χ1) is 19.2. The highest BCUT2D eigenvalue weighted by molar-refractivity contribution is 5.92. The van der Waals surface area contributed by atoms with Crippen molar-refractivity contribution in [3.63, 3.8) is 0 Å². The lowest BCUT2D eigenvalue weighted by atomic mass is 9.85. The Morgan fingerprint density at radius 3 is 2.42 bits per heavy atom. The molecule has 3 aromatic rings. The first-order valence-electron chi connectivity index (χ1n) is 13.9. The number of nitrogens with two attached hydrogens (primary N) is 1. The number of cyclic esters (lactones) is 1. The second-order valence-electron chi connectivity index (χ2n) is 9.29. The quantitative estimate of drug-likeness (QED) is 0.327. The lowest BCUT2D eigenvalue weighted by molar-refractivity contribution is -0.157. The first kappa shape index (κ1) is 30.9. The highest BCUT2D eigenvalue weighted by Gasteiger charge is 2.35. The van der Waals surface area contributed by atoms with Gasteiger partial charge in [-0.2, -0.15) is 0 Å². The van der Waals surface area contributed by atoms with Gasteiger partial charge >= 0.3 is 5.97 Å². The Morgan fingerprint density at radius 2 is 1.80 bits per heavy atom. The van der Waals surface area contributed by atoms with E-state index in [2.05, 4.69) is 0 Å². The molecule has 216 valence electrons. The number of hydrogen-bond acceptors (Lipinski definition) is 7. The van der Waals surface area contributed by atoms with Crippen LogP contribution in [0.3, 0.4) is 0 Å². The summed E-state index contributed by atoms with van der Waals surface area (Å²) in [5.74, 6) is -1.38. The molecule has 0 spiro atoms. The number of pyridine rings is 2. The molecule has 1 amide bonds. The fourth-order valence-corrected chi connectivity index (χ4v) is 5.32. The third kappa shape index (κ3) is 5.51. The predicted octanol–water partition coefficient (Wildman–Crippen LogP) is 3.75. The highest BCUT2D eigenvalue weighted by Crippen LogP contribution is 2.41. The van der Waals surface area contributed by atoms with Gasteiger partial charge in [-0.15, -0.1) is 0 Å². The van der Waals surface area contributed by atoms with Crippen LogP contribution in [0.15, 0.2) is 16.9 Å². The van der Waals surface area contributed by atoms with Gasteiger partial charge in [0.1, 0.15) is 12.4 Å². The molecule has 6 rings (SSSR count). The number of fused-ring (bicyclic) bond motifs is 5. The van der Waals surface area contributed by atoms with E-state index in [0.717, 1.165) is 41.3 Å². The van der Waals surface area contributed by atoms with Crippen LogP contribution in [0, 0.1) is 12.7 Å². The molecular weight excluding hydrogens is 517 g/mol. The molecule has 3 aliphatic rings. The van der Waals surface area contributed by atoms with E-state index in [1.807, 2.05) is 27.7 Å². The van der Waals surface area contributed by atoms with Crippen molar-refractivity contribution >= 4 is 22.8 Å². The molecule has 4 heterocycles. The maximum atomic E-state index is 14.5. The second-order valence-corrected chi connectivity index (χ2v) is 9.29. The third-order valence-corrected chi connectivity index (χ3v) is 7.12. The SMILES string of the molecule is CC.CC.Cc1c(F)cc2nc3c(c4c2c1CCC4)Cn1c-3cc2c(c1=O)COC(=O)C2O.NC(=O)CCCO. The molecule has 0 radical (unpaired) electrons. The molecule has 1 unspecified atom stereocenters. The minimum Gasteiger partial charge on any atom is -0.458 e. The molecule has 1 atom stereocenters. The molecule has 0 saturated heterocycles. The maximum absolute atomic E-state index is 14.5. The first-order valence-corrected chi connectivity index (χ1v) is 13.9. The van der Waals surface area contributed by atoms with Crippen LogP contribution >= 0.6 is 0 Å². The van der Waals surface area contributed by atoms with Crippen LogP contribution in [0.25, 0.3) is 22.3 Å². The van der Waals surface area contributed by atoms with E-state index in [0.29, 0.717) is 41.0 Å². The summed E-state index contributed by atoms with van der Waals surface area (Å²) < 4.78 is 21.1. The summed E-state index contributed by atoms with van der Waals surface area (Å²) in [6.45, 7) is 10.1. The van der Waals surface area contributed by atoms with Gasteiger partial charge in [0.25, 0.3) is 5.56 Å². The van der Waals surface area contributed by atoms with E-state index >= 15 is 0 Å². The molecule has 0 bridgehead atoms. The smallest absolute Gasteiger partial charge is 0.340 e. The molecule has 2 aliphatic heterocycles. The summed E-state index contributed by atoms with van der Waals surface area (Å²) in [7, 11) is 0. The van der Waals surface area contributed by atoms with E-state index < -0.39 is 12.1 Å². The molecule has 9 nitrogen and oxygen atoms in total. The van der Waals surface area contributed by atoms with Crippen LogP contribution in [0.5, 0.6) is 0 Å². The Balaban J connectivity index is 0.000000349. The van der Waals surface area contributed by atoms with Crippen molar-refractivity contribution in [2.24, 2.45) is 5.73 Å². The Kier molecular flexibility index (Phi) is 10.2. The lowest BCUT2D eigenvalue weighted by Gasteiger charge is -2.22. The van der Waals surface area contributed by atoms with Crippen molar-refractivity contribution in [1.82, 2.24) is 9.55 Å². The van der Waals surface area contributed by atoms with Gasteiger partial charge in [0.05, 0.1) is 29.0 Å². The van der Waals surface area contributed by atoms with Crippen molar-refractivity contribution in [2.75, 3.05) is 6.61 Å². The number of benzene rings is 1. The minimum absolute atomic E-state index is 0.0446. The summed E-state index contributed by atoms with van der Waals surface area (Å²) in [4.78, 5) is 39.5. The van der Waals surface area contributed by atoms with Crippen LogP contribution < -0.4 is 11.3 Å². The summed E-state index contributed by atoms with van der Waals surface area (Å²) in [5, 5.41) is 19.3. The minimum atomic E-state index is -1.48. The molecule has 4 N–H and O–H groups in total. The number of ether oxygens (including phenoxy) is 1. The van der Waals surface area contributed by atoms with Gasteiger partial charge in [-0.1, -0.05) is 27.7 Å². The van der Waals surface area contributed by atoms with E-state index in [-0.39, 0.29) is 42.5 Å². The average molecular weight is 556 g/mol. The van der Waals surface area contributed by atoms with Crippen molar-refractivity contribution in [3.8, 4) is 11.4 Å². The largest absolute Gasteiger partial charge is 0.458 e. The summed E-state index contributed by atoms with van der Waals surface area (Å²) in [6.07, 6.45) is 1.89. The van der Waals surface area contributed by atoms with Crippen LogP contribution in [0.2, 0.25) is 0 Å². The zero-order valence-corrected chi connectivity index (χ0v) is 23.8. The number of aliphatic hydroxyl groups excluding tert-OH is 2. The van der Waals surface area contributed by atoms with Crippen LogP contribution in [-0.2, 0) is 40.3 Å². The number of amides is 1. The molecule has 0 saturated carbocycles. The molecule has 0 fully saturated rings. The van der Waals surface area contributed by atoms with Crippen molar-refractivity contribution in [2.45, 2.75) is 86.0 Å². The lowest BCUT2D eigenvalue weighted by Crippen LogP contribution is -2.32. The van der Waals surface area contributed by atoms with Gasteiger partial charge in [0, 0.05) is 35.6 Å². The number of hydrogen-bond donors (Lipinski definition) is 3. The fraction of sp³-hybridized carbons (Fsp3) is 0.467. The normalized spacial score (nSPS) is 15.6. The molecular formula is C30H38FN3O6. The van der Waals surface area contributed by atoms with Crippen LogP contribution in [-0.4, -0.2) is 38.2 Å². The van der Waals surface area contributed by atoms with Gasteiger partial charge in [0.2, 0.25) is 5.91 Å².